The van der Waals surface area contributed by atoms with E-state index in [9.17, 15) is 4.79 Å². The number of nitrogens with one attached hydrogen (secondary N) is 1. The molecule has 0 atom stereocenters. The van der Waals surface area contributed by atoms with Crippen molar-refractivity contribution in [1.29, 1.82) is 5.41 Å². The van der Waals surface area contributed by atoms with Crippen molar-refractivity contribution in [2.24, 2.45) is 5.73 Å². The van der Waals surface area contributed by atoms with Crippen LogP contribution in [0.15, 0.2) is 12.7 Å². The molecule has 0 radical (unpaired) electrons. The number of nitrogens with zero attached hydrogens (tertiary/aromatic N) is 1. The Hall–Kier alpha value is -1.52. The van der Waals surface area contributed by atoms with Crippen molar-refractivity contribution in [3.63, 3.8) is 0 Å². The smallest absolute Gasteiger partial charge is 0.409 e. The summed E-state index contributed by atoms with van der Waals surface area (Å²) >= 11 is 0. The Kier molecular flexibility index (Phi) is 5.34. The third-order valence-electron chi connectivity index (χ3n) is 1.35. The van der Waals surface area contributed by atoms with Crippen LogP contribution in [-0.2, 0) is 4.74 Å². The molecule has 0 rings (SSSR count). The Balaban J connectivity index is 3.68. The van der Waals surface area contributed by atoms with Crippen molar-refractivity contribution < 1.29 is 9.53 Å². The third-order valence-corrected chi connectivity index (χ3v) is 1.35. The molecule has 0 aromatic rings. The van der Waals surface area contributed by atoms with Crippen LogP contribution in [0.5, 0.6) is 0 Å². The van der Waals surface area contributed by atoms with Crippen LogP contribution in [0.4, 0.5) is 4.79 Å². The summed E-state index contributed by atoms with van der Waals surface area (Å²) in [5, 5.41) is 6.95. The number of ether oxygens (including phenoxy) is 1. The first-order valence-corrected chi connectivity index (χ1v) is 3.89. The van der Waals surface area contributed by atoms with Gasteiger partial charge in [0.05, 0.1) is 5.84 Å². The minimum atomic E-state index is -0.429. The SMILES string of the molecule is C=CCOC(=O)N(C)CCC(=N)N. The van der Waals surface area contributed by atoms with E-state index in [4.69, 9.17) is 15.9 Å². The lowest BCUT2D eigenvalue weighted by Gasteiger charge is -2.15. The van der Waals surface area contributed by atoms with Crippen LogP contribution in [-0.4, -0.2) is 37.0 Å². The predicted molar refractivity (Wildman–Crippen MR) is 50.7 cm³/mol. The van der Waals surface area contributed by atoms with Crippen molar-refractivity contribution in [1.82, 2.24) is 4.90 Å². The van der Waals surface area contributed by atoms with Crippen LogP contribution >= 0.6 is 0 Å². The first kappa shape index (κ1) is 11.5. The molecule has 0 spiro atoms. The Morgan fingerprint density at radius 2 is 2.38 bits per heavy atom. The zero-order chi connectivity index (χ0) is 10.3. The number of hydrogen-bond donors (Lipinski definition) is 2. The maximum absolute atomic E-state index is 11.1. The van der Waals surface area contributed by atoms with Gasteiger partial charge < -0.3 is 15.4 Å². The maximum Gasteiger partial charge on any atom is 0.409 e. The van der Waals surface area contributed by atoms with Crippen molar-refractivity contribution in [2.45, 2.75) is 6.42 Å². The molecule has 74 valence electrons. The Morgan fingerprint density at radius 3 is 2.85 bits per heavy atom. The highest BCUT2D eigenvalue weighted by Gasteiger charge is 2.08. The number of amidine groups is 1. The lowest BCUT2D eigenvalue weighted by molar-refractivity contribution is 0.122. The standard InChI is InChI=1S/C8H15N3O2/c1-3-6-13-8(12)11(2)5-4-7(9)10/h3H,1,4-6H2,2H3,(H3,9,10). The van der Waals surface area contributed by atoms with Gasteiger partial charge in [-0.05, 0) is 0 Å². The number of hydrogen-bond acceptors (Lipinski definition) is 3. The molecule has 3 N–H and O–H groups in total. The predicted octanol–water partition coefficient (Wildman–Crippen LogP) is 0.567. The van der Waals surface area contributed by atoms with E-state index >= 15 is 0 Å². The van der Waals surface area contributed by atoms with Crippen LogP contribution < -0.4 is 5.73 Å². The van der Waals surface area contributed by atoms with Crippen molar-refractivity contribution in [2.75, 3.05) is 20.2 Å². The largest absolute Gasteiger partial charge is 0.445 e. The molecule has 13 heavy (non-hydrogen) atoms. The van der Waals surface area contributed by atoms with E-state index in [0.29, 0.717) is 13.0 Å². The molecule has 0 aliphatic rings. The van der Waals surface area contributed by atoms with Crippen LogP contribution in [0.25, 0.3) is 0 Å². The van der Waals surface area contributed by atoms with Crippen LogP contribution in [0.3, 0.4) is 0 Å². The molecule has 0 aliphatic carbocycles. The van der Waals surface area contributed by atoms with Gasteiger partial charge in [0.15, 0.2) is 0 Å². The van der Waals surface area contributed by atoms with E-state index < -0.39 is 6.09 Å². The van der Waals surface area contributed by atoms with Gasteiger partial charge in [-0.15, -0.1) is 0 Å². The molecule has 5 heteroatoms. The molecule has 0 bridgehead atoms. The molecule has 0 unspecified atom stereocenters. The molecule has 0 fully saturated rings. The van der Waals surface area contributed by atoms with Gasteiger partial charge in [0, 0.05) is 20.0 Å². The average molecular weight is 185 g/mol. The zero-order valence-electron chi connectivity index (χ0n) is 7.75. The van der Waals surface area contributed by atoms with Gasteiger partial charge in [0.2, 0.25) is 0 Å². The second kappa shape index (κ2) is 6.05. The molecule has 0 aromatic carbocycles. The monoisotopic (exact) mass is 185 g/mol. The second-order valence-corrected chi connectivity index (χ2v) is 2.56. The first-order valence-electron chi connectivity index (χ1n) is 3.89. The van der Waals surface area contributed by atoms with Gasteiger partial charge in [-0.3, -0.25) is 5.41 Å². The number of rotatable bonds is 5. The lowest BCUT2D eigenvalue weighted by atomic mass is 10.4. The van der Waals surface area contributed by atoms with E-state index in [0.717, 1.165) is 0 Å². The molecular formula is C8H15N3O2. The van der Waals surface area contributed by atoms with Crippen molar-refractivity contribution in [3.05, 3.63) is 12.7 Å². The van der Waals surface area contributed by atoms with Gasteiger partial charge in [0.25, 0.3) is 0 Å². The molecule has 0 aromatic heterocycles. The first-order chi connectivity index (χ1) is 6.07. The molecule has 0 saturated heterocycles. The quantitative estimate of drug-likeness (QED) is 0.373. The van der Waals surface area contributed by atoms with Gasteiger partial charge in [-0.1, -0.05) is 12.7 Å². The zero-order valence-corrected chi connectivity index (χ0v) is 7.75. The minimum Gasteiger partial charge on any atom is -0.445 e. The summed E-state index contributed by atoms with van der Waals surface area (Å²) < 4.78 is 4.74. The van der Waals surface area contributed by atoms with E-state index in [-0.39, 0.29) is 12.4 Å². The average Bonchev–Trinajstić information content (AvgIpc) is 2.10. The Bertz CT molecular complexity index is 204. The topological polar surface area (TPSA) is 79.4 Å². The summed E-state index contributed by atoms with van der Waals surface area (Å²) in [5.41, 5.74) is 5.13. The van der Waals surface area contributed by atoms with Gasteiger partial charge in [-0.2, -0.15) is 0 Å². The summed E-state index contributed by atoms with van der Waals surface area (Å²) in [7, 11) is 1.59. The maximum atomic E-state index is 11.1. The summed E-state index contributed by atoms with van der Waals surface area (Å²) in [6.45, 7) is 4.01. The molecule has 0 saturated carbocycles. The Labute approximate surface area is 77.7 Å². The summed E-state index contributed by atoms with van der Waals surface area (Å²) in [4.78, 5) is 12.4. The molecule has 5 nitrogen and oxygen atoms in total. The van der Waals surface area contributed by atoms with E-state index in [2.05, 4.69) is 6.58 Å². The van der Waals surface area contributed by atoms with Crippen molar-refractivity contribution >= 4 is 11.9 Å². The van der Waals surface area contributed by atoms with Crippen molar-refractivity contribution in [3.8, 4) is 0 Å². The molecule has 1 amide bonds. The number of nitrogens with two attached hydrogens (primary N) is 1. The van der Waals surface area contributed by atoms with E-state index in [1.807, 2.05) is 0 Å². The van der Waals surface area contributed by atoms with Crippen LogP contribution in [0.2, 0.25) is 0 Å². The fraction of sp³-hybridized carbons (Fsp3) is 0.500. The van der Waals surface area contributed by atoms with Gasteiger partial charge in [-0.25, -0.2) is 4.79 Å². The summed E-state index contributed by atoms with van der Waals surface area (Å²) in [6, 6.07) is 0. The lowest BCUT2D eigenvalue weighted by Crippen LogP contribution is -2.30. The van der Waals surface area contributed by atoms with Crippen LogP contribution in [0.1, 0.15) is 6.42 Å². The number of carbonyl (C=O) groups excluding carboxylic acids is 1. The van der Waals surface area contributed by atoms with E-state index in [1.165, 1.54) is 11.0 Å². The van der Waals surface area contributed by atoms with E-state index in [1.54, 1.807) is 7.05 Å². The minimum absolute atomic E-state index is 0.0587. The molecule has 0 heterocycles. The normalized spacial score (nSPS) is 9.00. The fourth-order valence-electron chi connectivity index (χ4n) is 0.620. The van der Waals surface area contributed by atoms with Gasteiger partial charge >= 0.3 is 6.09 Å². The molecule has 0 aliphatic heterocycles. The number of amides is 1. The molecular weight excluding hydrogens is 170 g/mol. The highest BCUT2D eigenvalue weighted by atomic mass is 16.6. The second-order valence-electron chi connectivity index (χ2n) is 2.56. The fourth-order valence-corrected chi connectivity index (χ4v) is 0.620. The highest BCUT2D eigenvalue weighted by Crippen LogP contribution is 1.92. The van der Waals surface area contributed by atoms with Gasteiger partial charge in [0.1, 0.15) is 6.61 Å². The summed E-state index contributed by atoms with van der Waals surface area (Å²) in [5.74, 6) is 0.0587. The van der Waals surface area contributed by atoms with Crippen LogP contribution in [0, 0.1) is 5.41 Å². The summed E-state index contributed by atoms with van der Waals surface area (Å²) in [6.07, 6.45) is 1.43. The number of carbonyl (C=O) groups is 1. The highest BCUT2D eigenvalue weighted by molar-refractivity contribution is 5.77. The third kappa shape index (κ3) is 5.72. The Morgan fingerprint density at radius 1 is 1.77 bits per heavy atom.